The summed E-state index contributed by atoms with van der Waals surface area (Å²) in [6.07, 6.45) is 0. The zero-order valence-electron chi connectivity index (χ0n) is 18.3. The molecule has 3 aromatic rings. The lowest BCUT2D eigenvalue weighted by molar-refractivity contribution is 0.101. The number of ether oxygens (including phenoxy) is 2. The number of carbonyl (C=O) groups is 2. The van der Waals surface area contributed by atoms with Gasteiger partial charge in [-0.3, -0.25) is 4.79 Å². The molecule has 0 fully saturated rings. The van der Waals surface area contributed by atoms with E-state index in [0.717, 1.165) is 22.4 Å². The van der Waals surface area contributed by atoms with Gasteiger partial charge in [0, 0.05) is 16.8 Å². The average molecular weight is 448 g/mol. The maximum Gasteiger partial charge on any atom is 0.322 e. The molecule has 0 spiro atoms. The molecule has 1 N–H and O–H groups in total. The Morgan fingerprint density at radius 2 is 1.79 bits per heavy atom. The second-order valence-electron chi connectivity index (χ2n) is 7.90. The summed E-state index contributed by atoms with van der Waals surface area (Å²) in [5.74, 6) is 0.432. The lowest BCUT2D eigenvalue weighted by atomic mass is 10.1. The fourth-order valence-electron chi connectivity index (χ4n) is 3.62. The van der Waals surface area contributed by atoms with Crippen molar-refractivity contribution < 1.29 is 23.5 Å². The molecule has 0 aliphatic carbocycles. The van der Waals surface area contributed by atoms with Crippen molar-refractivity contribution in [1.82, 2.24) is 4.90 Å². The molecule has 1 aliphatic rings. The van der Waals surface area contributed by atoms with Crippen molar-refractivity contribution in [3.05, 3.63) is 94.8 Å². The highest BCUT2D eigenvalue weighted by Gasteiger charge is 2.20. The molecule has 1 aliphatic heterocycles. The second kappa shape index (κ2) is 10.3. The largest absolute Gasteiger partial charge is 0.491 e. The summed E-state index contributed by atoms with van der Waals surface area (Å²) in [6.45, 7) is 3.39. The molecular formula is C26H25FN2O4. The summed E-state index contributed by atoms with van der Waals surface area (Å²) in [4.78, 5) is 25.9. The Bertz CT molecular complexity index is 1150. The van der Waals surface area contributed by atoms with Gasteiger partial charge >= 0.3 is 6.03 Å². The minimum Gasteiger partial charge on any atom is -0.491 e. The number of ketones is 1. The van der Waals surface area contributed by atoms with E-state index < -0.39 is 0 Å². The van der Waals surface area contributed by atoms with Crippen molar-refractivity contribution >= 4 is 17.5 Å². The fraction of sp³-hybridized carbons (Fsp3) is 0.231. The van der Waals surface area contributed by atoms with Gasteiger partial charge in [-0.05, 0) is 66.6 Å². The van der Waals surface area contributed by atoms with E-state index in [1.165, 1.54) is 19.1 Å². The van der Waals surface area contributed by atoms with E-state index in [1.807, 2.05) is 24.3 Å². The van der Waals surface area contributed by atoms with Gasteiger partial charge < -0.3 is 19.7 Å². The Kier molecular flexibility index (Phi) is 7.00. The second-order valence-corrected chi connectivity index (χ2v) is 7.90. The van der Waals surface area contributed by atoms with Crippen LogP contribution in [0, 0.1) is 5.82 Å². The van der Waals surface area contributed by atoms with Crippen LogP contribution in [0.5, 0.6) is 5.75 Å². The number of nitrogens with zero attached hydrogens (tertiary/aromatic N) is 1. The first-order valence-corrected chi connectivity index (χ1v) is 10.7. The topological polar surface area (TPSA) is 67.9 Å². The van der Waals surface area contributed by atoms with Gasteiger partial charge in [-0.25, -0.2) is 9.18 Å². The van der Waals surface area contributed by atoms with E-state index in [4.69, 9.17) is 9.47 Å². The molecule has 1 heterocycles. The summed E-state index contributed by atoms with van der Waals surface area (Å²) < 4.78 is 24.9. The third kappa shape index (κ3) is 5.96. The molecule has 33 heavy (non-hydrogen) atoms. The van der Waals surface area contributed by atoms with Gasteiger partial charge in [0.2, 0.25) is 0 Å². The minimum absolute atomic E-state index is 0.0233. The maximum atomic E-state index is 13.3. The van der Waals surface area contributed by atoms with E-state index in [0.29, 0.717) is 44.2 Å². The quantitative estimate of drug-likeness (QED) is 0.528. The highest BCUT2D eigenvalue weighted by atomic mass is 19.1. The average Bonchev–Trinajstić information content (AvgIpc) is 3.02. The Hall–Kier alpha value is -3.71. The number of rotatable bonds is 6. The third-order valence-corrected chi connectivity index (χ3v) is 5.36. The smallest absolute Gasteiger partial charge is 0.322 e. The van der Waals surface area contributed by atoms with Crippen molar-refractivity contribution in [1.29, 1.82) is 0 Å². The lowest BCUT2D eigenvalue weighted by Gasteiger charge is -2.20. The van der Waals surface area contributed by atoms with Crippen LogP contribution in [0.2, 0.25) is 0 Å². The molecule has 0 bridgehead atoms. The van der Waals surface area contributed by atoms with E-state index in [-0.39, 0.29) is 17.6 Å². The predicted octanol–water partition coefficient (Wildman–Crippen LogP) is 5.17. The number of fused-ring (bicyclic) bond motifs is 1. The molecule has 0 radical (unpaired) electrons. The number of anilines is 1. The van der Waals surface area contributed by atoms with E-state index in [9.17, 15) is 14.0 Å². The Morgan fingerprint density at radius 1 is 1.03 bits per heavy atom. The number of nitrogens with one attached hydrogen (secondary N) is 1. The predicted molar refractivity (Wildman–Crippen MR) is 123 cm³/mol. The number of halogens is 1. The summed E-state index contributed by atoms with van der Waals surface area (Å²) in [5.41, 5.74) is 3.82. The van der Waals surface area contributed by atoms with Crippen molar-refractivity contribution in [2.75, 3.05) is 18.5 Å². The molecule has 3 aromatic carbocycles. The van der Waals surface area contributed by atoms with Gasteiger partial charge in [0.05, 0.1) is 26.3 Å². The van der Waals surface area contributed by atoms with Gasteiger partial charge in [0.15, 0.2) is 5.78 Å². The number of Topliss-reactive ketones (excluding diaryl/α,β-unsaturated/α-hetero) is 1. The third-order valence-electron chi connectivity index (χ3n) is 5.36. The van der Waals surface area contributed by atoms with Crippen molar-refractivity contribution in [3.63, 3.8) is 0 Å². The van der Waals surface area contributed by atoms with Crippen LogP contribution < -0.4 is 10.1 Å². The highest BCUT2D eigenvalue weighted by molar-refractivity contribution is 5.95. The summed E-state index contributed by atoms with van der Waals surface area (Å²) in [5, 5.41) is 2.87. The molecular weight excluding hydrogens is 423 g/mol. The molecule has 0 aromatic heterocycles. The zero-order valence-corrected chi connectivity index (χ0v) is 18.3. The molecule has 0 unspecified atom stereocenters. The molecule has 170 valence electrons. The van der Waals surface area contributed by atoms with Gasteiger partial charge in [-0.15, -0.1) is 0 Å². The Balaban J connectivity index is 1.38. The van der Waals surface area contributed by atoms with Crippen LogP contribution in [0.15, 0.2) is 66.7 Å². The van der Waals surface area contributed by atoms with Gasteiger partial charge in [-0.1, -0.05) is 18.2 Å². The van der Waals surface area contributed by atoms with Gasteiger partial charge in [0.1, 0.15) is 18.2 Å². The van der Waals surface area contributed by atoms with Crippen LogP contribution >= 0.6 is 0 Å². The highest BCUT2D eigenvalue weighted by Crippen LogP contribution is 2.25. The molecule has 0 saturated heterocycles. The molecule has 0 saturated carbocycles. The molecule has 7 heteroatoms. The first kappa shape index (κ1) is 22.5. The Labute approximate surface area is 191 Å². The number of urea groups is 1. The maximum absolute atomic E-state index is 13.3. The van der Waals surface area contributed by atoms with E-state index in [1.54, 1.807) is 35.2 Å². The molecule has 4 rings (SSSR count). The van der Waals surface area contributed by atoms with Gasteiger partial charge in [0.25, 0.3) is 0 Å². The van der Waals surface area contributed by atoms with Crippen LogP contribution in [0.25, 0.3) is 0 Å². The normalized spacial score (nSPS) is 13.0. The lowest BCUT2D eigenvalue weighted by Crippen LogP contribution is -2.36. The number of hydrogen-bond acceptors (Lipinski definition) is 4. The molecule has 0 atom stereocenters. The van der Waals surface area contributed by atoms with Crippen LogP contribution in [-0.4, -0.2) is 29.9 Å². The van der Waals surface area contributed by atoms with Crippen LogP contribution in [0.4, 0.5) is 14.9 Å². The summed E-state index contributed by atoms with van der Waals surface area (Å²) in [6, 6.07) is 18.7. The standard InChI is InChI=1S/C26H25FN2O4/c1-18(30)21-6-8-24(9-7-21)28-26(31)29-11-12-33-25-10-5-20(13-22(25)15-29)17-32-16-19-3-2-4-23(27)14-19/h2-10,13-14H,11-12,15-17H2,1H3,(H,28,31). The number of carbonyl (C=O) groups excluding carboxylic acids is 2. The van der Waals surface area contributed by atoms with Crippen molar-refractivity contribution in [3.8, 4) is 5.75 Å². The fourth-order valence-corrected chi connectivity index (χ4v) is 3.62. The van der Waals surface area contributed by atoms with Gasteiger partial charge in [-0.2, -0.15) is 0 Å². The first-order chi connectivity index (χ1) is 16.0. The van der Waals surface area contributed by atoms with Crippen molar-refractivity contribution in [2.24, 2.45) is 0 Å². The summed E-state index contributed by atoms with van der Waals surface area (Å²) >= 11 is 0. The number of amides is 2. The van der Waals surface area contributed by atoms with E-state index >= 15 is 0 Å². The number of benzene rings is 3. The minimum atomic E-state index is -0.286. The first-order valence-electron chi connectivity index (χ1n) is 10.7. The van der Waals surface area contributed by atoms with Crippen LogP contribution in [0.3, 0.4) is 0 Å². The SMILES string of the molecule is CC(=O)c1ccc(NC(=O)N2CCOc3ccc(COCc4cccc(F)c4)cc3C2)cc1. The van der Waals surface area contributed by atoms with Crippen LogP contribution in [0.1, 0.15) is 34.0 Å². The summed E-state index contributed by atoms with van der Waals surface area (Å²) in [7, 11) is 0. The molecule has 6 nitrogen and oxygen atoms in total. The van der Waals surface area contributed by atoms with Crippen LogP contribution in [-0.2, 0) is 24.5 Å². The number of hydrogen-bond donors (Lipinski definition) is 1. The molecule has 2 amide bonds. The Morgan fingerprint density at radius 3 is 2.52 bits per heavy atom. The monoisotopic (exact) mass is 448 g/mol. The van der Waals surface area contributed by atoms with E-state index in [2.05, 4.69) is 5.32 Å². The van der Waals surface area contributed by atoms with Crippen molar-refractivity contribution in [2.45, 2.75) is 26.7 Å². The zero-order chi connectivity index (χ0) is 23.2.